The molecule has 0 aliphatic rings. The molecular weight excluding hydrogens is 214 g/mol. The van der Waals surface area contributed by atoms with Gasteiger partial charge in [-0.3, -0.25) is 9.78 Å². The average molecular weight is 225 g/mol. The number of nitrogens with zero attached hydrogens (tertiary/aromatic N) is 1. The third kappa shape index (κ3) is 3.01. The number of hydrogen-bond donors (Lipinski definition) is 1. The summed E-state index contributed by atoms with van der Waals surface area (Å²) in [5, 5.41) is 9.26. The van der Waals surface area contributed by atoms with Crippen LogP contribution in [-0.4, -0.2) is 15.9 Å². The summed E-state index contributed by atoms with van der Waals surface area (Å²) >= 11 is 0. The molecule has 0 saturated heterocycles. The lowest BCUT2D eigenvalue weighted by Crippen LogP contribution is -1.93. The molecule has 1 heterocycles. The summed E-state index contributed by atoms with van der Waals surface area (Å²) in [6, 6.07) is 9.91. The zero-order valence-electron chi connectivity index (χ0n) is 9.08. The van der Waals surface area contributed by atoms with Gasteiger partial charge in [-0.25, -0.2) is 0 Å². The first kappa shape index (κ1) is 11.1. The molecule has 2 aromatic rings. The Kier molecular flexibility index (Phi) is 3.31. The van der Waals surface area contributed by atoms with Crippen molar-refractivity contribution in [3.63, 3.8) is 0 Å². The van der Waals surface area contributed by atoms with Crippen molar-refractivity contribution in [2.45, 2.75) is 0 Å². The van der Waals surface area contributed by atoms with E-state index in [2.05, 4.69) is 4.98 Å². The van der Waals surface area contributed by atoms with Crippen LogP contribution in [0.25, 0.3) is 6.08 Å². The zero-order valence-corrected chi connectivity index (χ0v) is 9.08. The van der Waals surface area contributed by atoms with E-state index in [1.54, 1.807) is 30.6 Å². The lowest BCUT2D eigenvalue weighted by molar-refractivity contribution is 0.104. The second-order valence-corrected chi connectivity index (χ2v) is 3.53. The van der Waals surface area contributed by atoms with Gasteiger partial charge in [0.15, 0.2) is 5.78 Å². The number of phenolic OH excluding ortho intramolecular Hbond substituents is 1. The Morgan fingerprint density at radius 1 is 1.18 bits per heavy atom. The SMILES string of the molecule is O=C(C=Cc1ccncc1)c1cccc(O)c1. The van der Waals surface area contributed by atoms with Crippen molar-refractivity contribution in [2.75, 3.05) is 0 Å². The molecule has 0 spiro atoms. The molecule has 0 fully saturated rings. The molecule has 1 N–H and O–H groups in total. The van der Waals surface area contributed by atoms with E-state index in [1.165, 1.54) is 18.2 Å². The smallest absolute Gasteiger partial charge is 0.185 e. The molecule has 0 unspecified atom stereocenters. The molecule has 84 valence electrons. The van der Waals surface area contributed by atoms with Crippen molar-refractivity contribution in [2.24, 2.45) is 0 Å². The molecule has 0 radical (unpaired) electrons. The molecule has 3 heteroatoms. The van der Waals surface area contributed by atoms with E-state index in [0.717, 1.165) is 5.56 Å². The van der Waals surface area contributed by atoms with Gasteiger partial charge >= 0.3 is 0 Å². The van der Waals surface area contributed by atoms with Crippen LogP contribution in [0.5, 0.6) is 5.75 Å². The summed E-state index contributed by atoms with van der Waals surface area (Å²) in [5.74, 6) is -0.0501. The molecule has 0 aliphatic heterocycles. The Bertz CT molecular complexity index is 547. The van der Waals surface area contributed by atoms with E-state index < -0.39 is 0 Å². The lowest BCUT2D eigenvalue weighted by atomic mass is 10.1. The normalized spacial score (nSPS) is 10.6. The van der Waals surface area contributed by atoms with Crippen molar-refractivity contribution in [1.82, 2.24) is 4.98 Å². The van der Waals surface area contributed by atoms with E-state index >= 15 is 0 Å². The standard InChI is InChI=1S/C14H11NO2/c16-13-3-1-2-12(10-13)14(17)5-4-11-6-8-15-9-7-11/h1-10,16H. The van der Waals surface area contributed by atoms with Crippen LogP contribution in [0.1, 0.15) is 15.9 Å². The average Bonchev–Trinajstić information content (AvgIpc) is 2.37. The lowest BCUT2D eigenvalue weighted by Gasteiger charge is -1.96. The Hall–Kier alpha value is -2.42. The number of carbonyl (C=O) groups is 1. The maximum atomic E-state index is 11.8. The zero-order chi connectivity index (χ0) is 12.1. The predicted octanol–water partition coefficient (Wildman–Crippen LogP) is 2.68. The third-order valence-electron chi connectivity index (χ3n) is 2.26. The van der Waals surface area contributed by atoms with Crippen LogP contribution in [0.4, 0.5) is 0 Å². The monoisotopic (exact) mass is 225 g/mol. The summed E-state index contributed by atoms with van der Waals surface area (Å²) in [5.41, 5.74) is 1.38. The van der Waals surface area contributed by atoms with E-state index in [-0.39, 0.29) is 11.5 Å². The molecule has 0 amide bonds. The number of allylic oxidation sites excluding steroid dienone is 1. The van der Waals surface area contributed by atoms with Crippen molar-refractivity contribution < 1.29 is 9.90 Å². The second kappa shape index (κ2) is 5.07. The maximum absolute atomic E-state index is 11.8. The molecule has 0 saturated carbocycles. The number of pyridine rings is 1. The number of aromatic hydroxyl groups is 1. The first-order chi connectivity index (χ1) is 8.25. The van der Waals surface area contributed by atoms with Crippen LogP contribution in [-0.2, 0) is 0 Å². The minimum atomic E-state index is -0.141. The molecule has 0 atom stereocenters. The highest BCUT2D eigenvalue weighted by Crippen LogP contribution is 2.12. The Morgan fingerprint density at radius 3 is 2.65 bits per heavy atom. The first-order valence-corrected chi connectivity index (χ1v) is 5.17. The molecule has 3 nitrogen and oxygen atoms in total. The molecule has 0 aliphatic carbocycles. The summed E-state index contributed by atoms with van der Waals surface area (Å²) in [4.78, 5) is 15.6. The predicted molar refractivity (Wildman–Crippen MR) is 65.7 cm³/mol. The number of aromatic nitrogens is 1. The molecule has 2 rings (SSSR count). The largest absolute Gasteiger partial charge is 0.508 e. The number of benzene rings is 1. The van der Waals surface area contributed by atoms with Crippen LogP contribution < -0.4 is 0 Å². The molecular formula is C14H11NO2. The maximum Gasteiger partial charge on any atom is 0.185 e. The third-order valence-corrected chi connectivity index (χ3v) is 2.26. The Labute approximate surface area is 99.1 Å². The van der Waals surface area contributed by atoms with Gasteiger partial charge in [0.1, 0.15) is 5.75 Å². The molecule has 1 aromatic carbocycles. The van der Waals surface area contributed by atoms with Crippen LogP contribution in [0, 0.1) is 0 Å². The number of phenols is 1. The summed E-state index contributed by atoms with van der Waals surface area (Å²) in [7, 11) is 0. The number of ketones is 1. The van der Waals surface area contributed by atoms with Gasteiger partial charge in [0, 0.05) is 18.0 Å². The fourth-order valence-corrected chi connectivity index (χ4v) is 1.40. The second-order valence-electron chi connectivity index (χ2n) is 3.53. The molecule has 17 heavy (non-hydrogen) atoms. The van der Waals surface area contributed by atoms with Crippen LogP contribution >= 0.6 is 0 Å². The van der Waals surface area contributed by atoms with Gasteiger partial charge in [0.2, 0.25) is 0 Å². The molecule has 0 bridgehead atoms. The number of hydrogen-bond acceptors (Lipinski definition) is 3. The highest BCUT2D eigenvalue weighted by molar-refractivity contribution is 6.06. The van der Waals surface area contributed by atoms with Crippen LogP contribution in [0.3, 0.4) is 0 Å². The van der Waals surface area contributed by atoms with Crippen molar-refractivity contribution in [3.8, 4) is 5.75 Å². The van der Waals surface area contributed by atoms with E-state index in [0.29, 0.717) is 5.56 Å². The quantitative estimate of drug-likeness (QED) is 0.645. The van der Waals surface area contributed by atoms with Gasteiger partial charge in [-0.1, -0.05) is 18.2 Å². The van der Waals surface area contributed by atoms with E-state index in [4.69, 9.17) is 0 Å². The minimum absolute atomic E-state index is 0.0909. The topological polar surface area (TPSA) is 50.2 Å². The fraction of sp³-hybridized carbons (Fsp3) is 0. The van der Waals surface area contributed by atoms with Crippen LogP contribution in [0.2, 0.25) is 0 Å². The van der Waals surface area contributed by atoms with Gasteiger partial charge in [0.05, 0.1) is 0 Å². The van der Waals surface area contributed by atoms with Gasteiger partial charge < -0.3 is 5.11 Å². The Balaban J connectivity index is 2.15. The van der Waals surface area contributed by atoms with Crippen molar-refractivity contribution >= 4 is 11.9 Å². The Morgan fingerprint density at radius 2 is 1.94 bits per heavy atom. The van der Waals surface area contributed by atoms with E-state index in [1.807, 2.05) is 12.1 Å². The van der Waals surface area contributed by atoms with Gasteiger partial charge in [-0.2, -0.15) is 0 Å². The van der Waals surface area contributed by atoms with Gasteiger partial charge in [-0.05, 0) is 35.9 Å². The highest BCUT2D eigenvalue weighted by Gasteiger charge is 2.01. The molecule has 1 aromatic heterocycles. The number of carbonyl (C=O) groups excluding carboxylic acids is 1. The van der Waals surface area contributed by atoms with E-state index in [9.17, 15) is 9.90 Å². The van der Waals surface area contributed by atoms with Crippen molar-refractivity contribution in [1.29, 1.82) is 0 Å². The summed E-state index contributed by atoms with van der Waals surface area (Å²) < 4.78 is 0. The fourth-order valence-electron chi connectivity index (χ4n) is 1.40. The van der Waals surface area contributed by atoms with Gasteiger partial charge in [-0.15, -0.1) is 0 Å². The van der Waals surface area contributed by atoms with Crippen LogP contribution in [0.15, 0.2) is 54.9 Å². The van der Waals surface area contributed by atoms with Crippen molar-refractivity contribution in [3.05, 3.63) is 66.0 Å². The highest BCUT2D eigenvalue weighted by atomic mass is 16.3. The van der Waals surface area contributed by atoms with Gasteiger partial charge in [0.25, 0.3) is 0 Å². The summed E-state index contributed by atoms with van der Waals surface area (Å²) in [6.07, 6.45) is 6.52. The summed E-state index contributed by atoms with van der Waals surface area (Å²) in [6.45, 7) is 0. The first-order valence-electron chi connectivity index (χ1n) is 5.17. The minimum Gasteiger partial charge on any atom is -0.508 e. The number of rotatable bonds is 3.